The lowest BCUT2D eigenvalue weighted by Crippen LogP contribution is -2.30. The summed E-state index contributed by atoms with van der Waals surface area (Å²) in [6, 6.07) is 14.4. The molecular weight excluding hydrogens is 468 g/mol. The van der Waals surface area contributed by atoms with Crippen molar-refractivity contribution in [2.24, 2.45) is 0 Å². The fourth-order valence-electron chi connectivity index (χ4n) is 2.69. The number of hydrogen-bond acceptors (Lipinski definition) is 6. The van der Waals surface area contributed by atoms with Gasteiger partial charge in [0.25, 0.3) is 11.1 Å². The van der Waals surface area contributed by atoms with Gasteiger partial charge in [-0.05, 0) is 62.4 Å². The van der Waals surface area contributed by atoms with Crippen LogP contribution in [0, 0.1) is 0 Å². The second kappa shape index (κ2) is 10.4. The van der Waals surface area contributed by atoms with Crippen LogP contribution in [0.3, 0.4) is 0 Å². The SMILES string of the molecule is CCN(CC)C(=O)c1ccc(NC(=O)CSc2nnc(-c3ccc(Br)cc3)o2)cc1. The zero-order valence-electron chi connectivity index (χ0n) is 16.6. The van der Waals surface area contributed by atoms with Crippen LogP contribution in [0.4, 0.5) is 5.69 Å². The molecule has 1 N–H and O–H groups in total. The van der Waals surface area contributed by atoms with Gasteiger partial charge in [0, 0.05) is 34.4 Å². The minimum Gasteiger partial charge on any atom is -0.411 e. The van der Waals surface area contributed by atoms with Crippen LogP contribution < -0.4 is 5.32 Å². The molecule has 1 aromatic heterocycles. The Morgan fingerprint density at radius 3 is 2.33 bits per heavy atom. The lowest BCUT2D eigenvalue weighted by Gasteiger charge is -2.18. The average molecular weight is 489 g/mol. The molecule has 0 unspecified atom stereocenters. The maximum Gasteiger partial charge on any atom is 0.277 e. The summed E-state index contributed by atoms with van der Waals surface area (Å²) in [6.45, 7) is 5.20. The van der Waals surface area contributed by atoms with Gasteiger partial charge in [-0.2, -0.15) is 0 Å². The van der Waals surface area contributed by atoms with E-state index >= 15 is 0 Å². The van der Waals surface area contributed by atoms with Crippen LogP contribution in [0.2, 0.25) is 0 Å². The Balaban J connectivity index is 1.52. The molecule has 2 amide bonds. The van der Waals surface area contributed by atoms with Crippen LogP contribution in [-0.4, -0.2) is 45.8 Å². The van der Waals surface area contributed by atoms with Crippen molar-refractivity contribution >= 4 is 45.2 Å². The van der Waals surface area contributed by atoms with Gasteiger partial charge in [0.05, 0.1) is 5.75 Å². The highest BCUT2D eigenvalue weighted by atomic mass is 79.9. The summed E-state index contributed by atoms with van der Waals surface area (Å²) < 4.78 is 6.56. The number of carbonyl (C=O) groups excluding carboxylic acids is 2. The van der Waals surface area contributed by atoms with Crippen molar-refractivity contribution in [2.45, 2.75) is 19.1 Å². The Morgan fingerprint density at radius 1 is 1.03 bits per heavy atom. The minimum atomic E-state index is -0.203. The zero-order valence-corrected chi connectivity index (χ0v) is 19.0. The molecular formula is C21H21BrN4O3S. The lowest BCUT2D eigenvalue weighted by atomic mass is 10.2. The van der Waals surface area contributed by atoms with Gasteiger partial charge in [0.15, 0.2) is 0 Å². The number of thioether (sulfide) groups is 1. The molecule has 9 heteroatoms. The highest BCUT2D eigenvalue weighted by molar-refractivity contribution is 9.10. The van der Waals surface area contributed by atoms with Crippen molar-refractivity contribution in [3.8, 4) is 11.5 Å². The third kappa shape index (κ3) is 5.70. The van der Waals surface area contributed by atoms with E-state index < -0.39 is 0 Å². The molecule has 3 rings (SSSR count). The summed E-state index contributed by atoms with van der Waals surface area (Å²) in [6.07, 6.45) is 0. The summed E-state index contributed by atoms with van der Waals surface area (Å²) in [4.78, 5) is 26.3. The molecule has 0 saturated carbocycles. The number of carbonyl (C=O) groups is 2. The van der Waals surface area contributed by atoms with E-state index in [4.69, 9.17) is 4.42 Å². The molecule has 0 fully saturated rings. The van der Waals surface area contributed by atoms with Crippen LogP contribution in [0.25, 0.3) is 11.5 Å². The first-order valence-electron chi connectivity index (χ1n) is 9.41. The molecule has 0 aliphatic rings. The molecule has 0 radical (unpaired) electrons. The van der Waals surface area contributed by atoms with Crippen LogP contribution in [0.5, 0.6) is 0 Å². The van der Waals surface area contributed by atoms with Crippen LogP contribution in [-0.2, 0) is 4.79 Å². The Bertz CT molecular complexity index is 1000. The summed E-state index contributed by atoms with van der Waals surface area (Å²) in [5, 5.41) is 11.1. The summed E-state index contributed by atoms with van der Waals surface area (Å²) >= 11 is 4.54. The molecule has 2 aromatic carbocycles. The Hall–Kier alpha value is -2.65. The minimum absolute atomic E-state index is 0.0218. The van der Waals surface area contributed by atoms with Gasteiger partial charge in [-0.25, -0.2) is 0 Å². The van der Waals surface area contributed by atoms with E-state index in [0.29, 0.717) is 35.5 Å². The number of halogens is 1. The Morgan fingerprint density at radius 2 is 1.70 bits per heavy atom. The molecule has 0 aliphatic carbocycles. The first-order valence-corrected chi connectivity index (χ1v) is 11.2. The number of nitrogens with one attached hydrogen (secondary N) is 1. The van der Waals surface area contributed by atoms with Crippen molar-refractivity contribution < 1.29 is 14.0 Å². The van der Waals surface area contributed by atoms with Gasteiger partial charge < -0.3 is 14.6 Å². The number of anilines is 1. The molecule has 0 saturated heterocycles. The van der Waals surface area contributed by atoms with Crippen molar-refractivity contribution in [1.29, 1.82) is 0 Å². The highest BCUT2D eigenvalue weighted by Gasteiger charge is 2.14. The van der Waals surface area contributed by atoms with Crippen molar-refractivity contribution in [3.63, 3.8) is 0 Å². The molecule has 1 heterocycles. The Labute approximate surface area is 187 Å². The zero-order chi connectivity index (χ0) is 21.5. The van der Waals surface area contributed by atoms with Gasteiger partial charge in [0.1, 0.15) is 0 Å². The largest absolute Gasteiger partial charge is 0.411 e. The van der Waals surface area contributed by atoms with Crippen molar-refractivity contribution in [1.82, 2.24) is 15.1 Å². The Kier molecular flexibility index (Phi) is 7.64. The predicted molar refractivity (Wildman–Crippen MR) is 120 cm³/mol. The molecule has 0 bridgehead atoms. The van der Waals surface area contributed by atoms with E-state index in [0.717, 1.165) is 21.8 Å². The van der Waals surface area contributed by atoms with E-state index in [1.165, 1.54) is 0 Å². The molecule has 0 aliphatic heterocycles. The third-order valence-electron chi connectivity index (χ3n) is 4.29. The topological polar surface area (TPSA) is 88.3 Å². The maximum absolute atomic E-state index is 12.3. The molecule has 7 nitrogen and oxygen atoms in total. The second-order valence-corrected chi connectivity index (χ2v) is 8.11. The van der Waals surface area contributed by atoms with E-state index in [-0.39, 0.29) is 17.6 Å². The van der Waals surface area contributed by atoms with Crippen LogP contribution in [0.15, 0.2) is 62.6 Å². The van der Waals surface area contributed by atoms with Gasteiger partial charge in [0.2, 0.25) is 11.8 Å². The molecule has 3 aromatic rings. The molecule has 0 spiro atoms. The van der Waals surface area contributed by atoms with Gasteiger partial charge >= 0.3 is 0 Å². The summed E-state index contributed by atoms with van der Waals surface area (Å²) in [5.41, 5.74) is 2.02. The molecule has 0 atom stereocenters. The highest BCUT2D eigenvalue weighted by Crippen LogP contribution is 2.24. The van der Waals surface area contributed by atoms with E-state index in [2.05, 4.69) is 31.4 Å². The number of amides is 2. The van der Waals surface area contributed by atoms with Crippen LogP contribution in [0.1, 0.15) is 24.2 Å². The van der Waals surface area contributed by atoms with Gasteiger partial charge in [-0.1, -0.05) is 27.7 Å². The normalized spacial score (nSPS) is 10.6. The fourth-order valence-corrected chi connectivity index (χ4v) is 3.52. The lowest BCUT2D eigenvalue weighted by molar-refractivity contribution is -0.113. The smallest absolute Gasteiger partial charge is 0.277 e. The summed E-state index contributed by atoms with van der Waals surface area (Å²) in [5.74, 6) is 0.304. The average Bonchev–Trinajstić information content (AvgIpc) is 3.23. The van der Waals surface area contributed by atoms with Crippen LogP contribution >= 0.6 is 27.7 Å². The number of benzene rings is 2. The number of rotatable bonds is 8. The quantitative estimate of drug-likeness (QED) is 0.461. The summed E-state index contributed by atoms with van der Waals surface area (Å²) in [7, 11) is 0. The van der Waals surface area contributed by atoms with Crippen molar-refractivity contribution in [2.75, 3.05) is 24.2 Å². The number of hydrogen-bond donors (Lipinski definition) is 1. The van der Waals surface area contributed by atoms with Gasteiger partial charge in [-0.3, -0.25) is 9.59 Å². The first-order chi connectivity index (χ1) is 14.5. The fraction of sp³-hybridized carbons (Fsp3) is 0.238. The number of nitrogens with zero attached hydrogens (tertiary/aromatic N) is 3. The monoisotopic (exact) mass is 488 g/mol. The molecule has 30 heavy (non-hydrogen) atoms. The third-order valence-corrected chi connectivity index (χ3v) is 5.64. The van der Waals surface area contributed by atoms with E-state index in [9.17, 15) is 9.59 Å². The van der Waals surface area contributed by atoms with Gasteiger partial charge in [-0.15, -0.1) is 10.2 Å². The first kappa shape index (κ1) is 22.0. The molecule has 156 valence electrons. The standard InChI is InChI=1S/C21H21BrN4O3S/c1-3-26(4-2)20(28)15-7-11-17(12-8-15)23-18(27)13-30-21-25-24-19(29-21)14-5-9-16(22)10-6-14/h5-12H,3-4,13H2,1-2H3,(H,23,27). The maximum atomic E-state index is 12.3. The second-order valence-electron chi connectivity index (χ2n) is 6.27. The van der Waals surface area contributed by atoms with E-state index in [1.807, 2.05) is 38.1 Å². The van der Waals surface area contributed by atoms with Crippen molar-refractivity contribution in [3.05, 3.63) is 58.6 Å². The van der Waals surface area contributed by atoms with E-state index in [1.54, 1.807) is 29.2 Å². The number of aromatic nitrogens is 2. The predicted octanol–water partition coefficient (Wildman–Crippen LogP) is 4.71.